The molecule has 0 bridgehead atoms. The molecular weight excluding hydrogens is 564 g/mol. The fraction of sp³-hybridized carbons (Fsp3) is 0.400. The molecule has 2 heterocycles. The summed E-state index contributed by atoms with van der Waals surface area (Å²) in [5, 5.41) is 19.4. The summed E-state index contributed by atoms with van der Waals surface area (Å²) in [6.07, 6.45) is 5.12. The zero-order chi connectivity index (χ0) is 23.9. The third-order valence-corrected chi connectivity index (χ3v) is 10.4. The molecule has 0 amide bonds. The number of benzene rings is 2. The fourth-order valence-corrected chi connectivity index (χ4v) is 8.11. The number of nitrogens with zero attached hydrogens (tertiary/aromatic N) is 3. The van der Waals surface area contributed by atoms with Crippen LogP contribution in [0.1, 0.15) is 44.1 Å². The minimum absolute atomic E-state index is 0.00937. The number of aliphatic hydroxyl groups excluding tert-OH is 1. The Kier molecular flexibility index (Phi) is 8.66. The second-order valence-electron chi connectivity index (χ2n) is 8.17. The van der Waals surface area contributed by atoms with Crippen LogP contribution in [-0.4, -0.2) is 48.3 Å². The van der Waals surface area contributed by atoms with E-state index in [2.05, 4.69) is 6.07 Å². The summed E-state index contributed by atoms with van der Waals surface area (Å²) >= 11 is 0.0321. The SMILES string of the molecule is N#CCCCOc1ccc2[se]n(CCCCCCn3[se]c4ccc(CO)cc4c3=O)c(=O)c2c1. The molecule has 2 aromatic heterocycles. The van der Waals surface area contributed by atoms with Gasteiger partial charge in [-0.15, -0.1) is 0 Å². The Balaban J connectivity index is 1.26. The van der Waals surface area contributed by atoms with Gasteiger partial charge in [-0.3, -0.25) is 0 Å². The van der Waals surface area contributed by atoms with Gasteiger partial charge in [-0.2, -0.15) is 0 Å². The summed E-state index contributed by atoms with van der Waals surface area (Å²) in [5.74, 6) is 0.690. The fourth-order valence-electron chi connectivity index (χ4n) is 3.86. The van der Waals surface area contributed by atoms with Crippen LogP contribution in [0.4, 0.5) is 0 Å². The average molecular weight is 591 g/mol. The molecule has 4 aromatic rings. The number of unbranched alkanes of at least 4 members (excludes halogenated alkanes) is 4. The number of aliphatic hydroxyl groups is 1. The molecule has 0 fully saturated rings. The second kappa shape index (κ2) is 11.9. The Hall–Kier alpha value is -2.33. The van der Waals surface area contributed by atoms with Gasteiger partial charge in [0.2, 0.25) is 0 Å². The number of ether oxygens (including phenoxy) is 1. The molecule has 0 spiro atoms. The first-order chi connectivity index (χ1) is 16.6. The number of hydrogen-bond donors (Lipinski definition) is 1. The van der Waals surface area contributed by atoms with Crippen LogP contribution in [0.5, 0.6) is 5.75 Å². The first kappa shape index (κ1) is 24.8. The van der Waals surface area contributed by atoms with Crippen molar-refractivity contribution in [2.75, 3.05) is 6.61 Å². The van der Waals surface area contributed by atoms with Gasteiger partial charge in [-0.1, -0.05) is 0 Å². The Morgan fingerprint density at radius 1 is 0.853 bits per heavy atom. The molecule has 0 aliphatic rings. The van der Waals surface area contributed by atoms with Gasteiger partial charge in [0.25, 0.3) is 0 Å². The molecule has 0 unspecified atom stereocenters. The van der Waals surface area contributed by atoms with Gasteiger partial charge in [0.1, 0.15) is 0 Å². The van der Waals surface area contributed by atoms with Crippen LogP contribution in [-0.2, 0) is 19.7 Å². The Bertz CT molecular complexity index is 1420. The molecule has 178 valence electrons. The van der Waals surface area contributed by atoms with E-state index in [4.69, 9.17) is 10.00 Å². The number of aryl methyl sites for hydroxylation is 2. The molecular formula is C25H27N3O4Se2. The van der Waals surface area contributed by atoms with Gasteiger partial charge < -0.3 is 0 Å². The van der Waals surface area contributed by atoms with Crippen molar-refractivity contribution < 1.29 is 9.84 Å². The van der Waals surface area contributed by atoms with Crippen LogP contribution in [0.25, 0.3) is 19.3 Å². The van der Waals surface area contributed by atoms with Gasteiger partial charge >= 0.3 is 210 Å². The topological polar surface area (TPSA) is 97.2 Å². The normalized spacial score (nSPS) is 11.3. The van der Waals surface area contributed by atoms with Gasteiger partial charge in [-0.05, 0) is 0 Å². The molecule has 0 aliphatic heterocycles. The van der Waals surface area contributed by atoms with E-state index in [1.165, 1.54) is 0 Å². The number of hydrogen-bond acceptors (Lipinski definition) is 5. The Labute approximate surface area is 209 Å². The van der Waals surface area contributed by atoms with Crippen LogP contribution in [0.3, 0.4) is 0 Å². The van der Waals surface area contributed by atoms with E-state index in [0.717, 1.165) is 63.6 Å². The van der Waals surface area contributed by atoms with Crippen molar-refractivity contribution in [2.24, 2.45) is 0 Å². The Morgan fingerprint density at radius 2 is 1.47 bits per heavy atom. The van der Waals surface area contributed by atoms with Crippen molar-refractivity contribution in [3.05, 3.63) is 62.7 Å². The number of aromatic nitrogens is 2. The van der Waals surface area contributed by atoms with E-state index in [-0.39, 0.29) is 47.2 Å². The number of nitriles is 1. The van der Waals surface area contributed by atoms with E-state index < -0.39 is 0 Å². The molecule has 0 atom stereocenters. The molecule has 0 saturated carbocycles. The summed E-state index contributed by atoms with van der Waals surface area (Å²) in [7, 11) is 0. The van der Waals surface area contributed by atoms with Gasteiger partial charge in [0, 0.05) is 0 Å². The Morgan fingerprint density at radius 3 is 2.09 bits per heavy atom. The third kappa shape index (κ3) is 5.83. The predicted octanol–water partition coefficient (Wildman–Crippen LogP) is 2.87. The third-order valence-electron chi connectivity index (χ3n) is 5.68. The molecule has 0 saturated heterocycles. The number of rotatable bonds is 12. The molecule has 0 radical (unpaired) electrons. The molecule has 7 nitrogen and oxygen atoms in total. The monoisotopic (exact) mass is 593 g/mol. The maximum absolute atomic E-state index is 12.8. The van der Waals surface area contributed by atoms with Crippen LogP contribution in [0.15, 0.2) is 46.0 Å². The first-order valence-corrected chi connectivity index (χ1v) is 14.7. The molecule has 9 heteroatoms. The summed E-state index contributed by atoms with van der Waals surface area (Å²) in [6, 6.07) is 13.5. The van der Waals surface area contributed by atoms with Crippen molar-refractivity contribution >= 4 is 48.8 Å². The molecule has 4 rings (SSSR count). The van der Waals surface area contributed by atoms with Gasteiger partial charge in [0.05, 0.1) is 0 Å². The van der Waals surface area contributed by atoms with E-state index in [1.807, 2.05) is 43.5 Å². The van der Waals surface area contributed by atoms with Crippen LogP contribution < -0.4 is 15.9 Å². The van der Waals surface area contributed by atoms with E-state index in [1.54, 1.807) is 0 Å². The van der Waals surface area contributed by atoms with Crippen molar-refractivity contribution in [1.82, 2.24) is 7.12 Å². The summed E-state index contributed by atoms with van der Waals surface area (Å²) in [6.45, 7) is 1.96. The molecule has 2 aromatic carbocycles. The second-order valence-corrected chi connectivity index (χ2v) is 12.6. The van der Waals surface area contributed by atoms with Crippen molar-refractivity contribution in [2.45, 2.75) is 58.2 Å². The first-order valence-electron chi connectivity index (χ1n) is 11.5. The average Bonchev–Trinajstić information content (AvgIpc) is 3.34. The summed E-state index contributed by atoms with van der Waals surface area (Å²) < 4.78 is 11.8. The van der Waals surface area contributed by atoms with Gasteiger partial charge in [0.15, 0.2) is 0 Å². The van der Waals surface area contributed by atoms with Gasteiger partial charge in [-0.25, -0.2) is 0 Å². The zero-order valence-electron chi connectivity index (χ0n) is 18.9. The summed E-state index contributed by atoms with van der Waals surface area (Å²) in [5.41, 5.74) is 0.953. The van der Waals surface area contributed by atoms with Crippen LogP contribution in [0.2, 0.25) is 0 Å². The predicted molar refractivity (Wildman–Crippen MR) is 135 cm³/mol. The van der Waals surface area contributed by atoms with E-state index >= 15 is 0 Å². The maximum atomic E-state index is 12.8. The summed E-state index contributed by atoms with van der Waals surface area (Å²) in [4.78, 5) is 25.4. The van der Waals surface area contributed by atoms with Crippen LogP contribution in [0, 0.1) is 11.3 Å². The van der Waals surface area contributed by atoms with Crippen molar-refractivity contribution in [1.29, 1.82) is 5.26 Å². The zero-order valence-corrected chi connectivity index (χ0v) is 22.3. The van der Waals surface area contributed by atoms with Crippen molar-refractivity contribution in [3.8, 4) is 11.8 Å². The quantitative estimate of drug-likeness (QED) is 0.202. The molecule has 1 N–H and O–H groups in total. The molecule has 0 aliphatic carbocycles. The standard InChI is InChI=1S/C25H27N3O4Se2/c26-11-3-6-14-32-19-8-10-23-21(16-19)25(31)28(34-23)13-5-2-1-4-12-27-24(30)20-15-18(17-29)7-9-22(20)33-27/h7-10,15-16,29H,1-6,12-14,17H2. The van der Waals surface area contributed by atoms with Crippen LogP contribution >= 0.6 is 0 Å². The van der Waals surface area contributed by atoms with E-state index in [0.29, 0.717) is 25.2 Å². The van der Waals surface area contributed by atoms with E-state index in [9.17, 15) is 14.7 Å². The number of fused-ring (bicyclic) bond motifs is 2. The van der Waals surface area contributed by atoms with Crippen molar-refractivity contribution in [3.63, 3.8) is 0 Å². The molecule has 34 heavy (non-hydrogen) atoms. The minimum atomic E-state index is -0.0439.